The van der Waals surface area contributed by atoms with Crippen molar-refractivity contribution in [2.45, 2.75) is 19.0 Å². The predicted octanol–water partition coefficient (Wildman–Crippen LogP) is 1.70. The number of carbonyl (C=O) groups is 3. The summed E-state index contributed by atoms with van der Waals surface area (Å²) < 4.78 is 2.49. The molecule has 4 aromatic rings. The molecule has 11 nitrogen and oxygen atoms in total. The van der Waals surface area contributed by atoms with Crippen LogP contribution in [0.2, 0.25) is 0 Å². The fourth-order valence-electron chi connectivity index (χ4n) is 3.81. The molecule has 172 valence electrons. The van der Waals surface area contributed by atoms with Gasteiger partial charge in [-0.1, -0.05) is 24.3 Å². The number of fused-ring (bicyclic) bond motifs is 1. The zero-order chi connectivity index (χ0) is 23.9. The van der Waals surface area contributed by atoms with Crippen LogP contribution >= 0.6 is 11.3 Å². The molecule has 4 amide bonds. The molecule has 2 aromatic heterocycles. The van der Waals surface area contributed by atoms with Crippen LogP contribution in [-0.4, -0.2) is 66.4 Å². The Morgan fingerprint density at radius 3 is 2.76 bits per heavy atom. The second-order valence-electron chi connectivity index (χ2n) is 8.08. The van der Waals surface area contributed by atoms with Gasteiger partial charge in [-0.3, -0.25) is 14.5 Å². The third kappa shape index (κ3) is 3.77. The third-order valence-electron chi connectivity index (χ3n) is 5.74. The van der Waals surface area contributed by atoms with E-state index in [9.17, 15) is 14.4 Å². The molecule has 1 fully saturated rings. The van der Waals surface area contributed by atoms with Crippen LogP contribution in [0.5, 0.6) is 0 Å². The highest BCUT2D eigenvalue weighted by Gasteiger charge is 2.49. The molecular weight excluding hydrogens is 456 g/mol. The van der Waals surface area contributed by atoms with Gasteiger partial charge in [0.15, 0.2) is 0 Å². The average molecular weight is 477 g/mol. The van der Waals surface area contributed by atoms with E-state index in [0.717, 1.165) is 20.1 Å². The maximum atomic E-state index is 13.3. The number of tetrazole rings is 1. The van der Waals surface area contributed by atoms with Gasteiger partial charge >= 0.3 is 6.03 Å². The Morgan fingerprint density at radius 1 is 1.18 bits per heavy atom. The quantitative estimate of drug-likeness (QED) is 0.420. The minimum absolute atomic E-state index is 0.285. The van der Waals surface area contributed by atoms with Crippen molar-refractivity contribution in [3.63, 3.8) is 0 Å². The highest BCUT2D eigenvalue weighted by molar-refractivity contribution is 7.18. The first-order chi connectivity index (χ1) is 16.3. The minimum Gasteiger partial charge on any atom is -0.337 e. The molecule has 1 saturated heterocycles. The number of imide groups is 1. The van der Waals surface area contributed by atoms with Gasteiger partial charge in [-0.2, -0.15) is 0 Å². The van der Waals surface area contributed by atoms with E-state index in [2.05, 4.69) is 25.8 Å². The summed E-state index contributed by atoms with van der Waals surface area (Å²) in [5, 5.41) is 14.6. The van der Waals surface area contributed by atoms with E-state index in [0.29, 0.717) is 11.3 Å². The molecular formula is C22H20N8O3S. The van der Waals surface area contributed by atoms with Crippen LogP contribution in [0.15, 0.2) is 54.9 Å². The first-order valence-corrected chi connectivity index (χ1v) is 11.2. The number of nitrogens with zero attached hydrogens (tertiary/aromatic N) is 7. The molecule has 12 heteroatoms. The minimum atomic E-state index is -1.33. The van der Waals surface area contributed by atoms with Crippen LogP contribution in [-0.2, 0) is 21.7 Å². The van der Waals surface area contributed by atoms with E-state index in [-0.39, 0.29) is 19.0 Å². The molecule has 0 aliphatic carbocycles. The molecule has 1 aliphatic heterocycles. The normalized spacial score (nSPS) is 17.9. The van der Waals surface area contributed by atoms with Crippen LogP contribution < -0.4 is 5.32 Å². The van der Waals surface area contributed by atoms with Crippen LogP contribution in [0, 0.1) is 0 Å². The van der Waals surface area contributed by atoms with Crippen LogP contribution in [0.25, 0.3) is 15.9 Å². The summed E-state index contributed by atoms with van der Waals surface area (Å²) in [7, 11) is 1.63. The van der Waals surface area contributed by atoms with Crippen molar-refractivity contribution in [1.29, 1.82) is 0 Å². The molecule has 3 heterocycles. The summed E-state index contributed by atoms with van der Waals surface area (Å²) >= 11 is 1.50. The van der Waals surface area contributed by atoms with Gasteiger partial charge in [0.05, 0.1) is 22.4 Å². The maximum Gasteiger partial charge on any atom is 0.325 e. The molecule has 1 aliphatic rings. The Labute approximate surface area is 198 Å². The van der Waals surface area contributed by atoms with Crippen molar-refractivity contribution in [3.8, 4) is 5.69 Å². The smallest absolute Gasteiger partial charge is 0.325 e. The lowest BCUT2D eigenvalue weighted by Gasteiger charge is -2.23. The average Bonchev–Trinajstić information content (AvgIpc) is 3.55. The maximum absolute atomic E-state index is 13.3. The SMILES string of the molecule is CN(Cc1nc2ccccc2s1)C(=O)CN1C(=O)N[C@](C)(c2cccc(-n3cnnn3)c2)C1=O. The van der Waals surface area contributed by atoms with Gasteiger partial charge in [0.2, 0.25) is 5.91 Å². The number of carbonyl (C=O) groups excluding carboxylic acids is 3. The second kappa shape index (κ2) is 8.30. The van der Waals surface area contributed by atoms with Crippen LogP contribution in [0.1, 0.15) is 17.5 Å². The Kier molecular flexibility index (Phi) is 5.28. The van der Waals surface area contributed by atoms with Crippen LogP contribution in [0.4, 0.5) is 4.79 Å². The number of thiazole rings is 1. The van der Waals surface area contributed by atoms with Crippen molar-refractivity contribution in [2.75, 3.05) is 13.6 Å². The first-order valence-electron chi connectivity index (χ1n) is 10.4. The fraction of sp³-hybridized carbons (Fsp3) is 0.227. The molecule has 0 bridgehead atoms. The summed E-state index contributed by atoms with van der Waals surface area (Å²) in [6.45, 7) is 1.53. The third-order valence-corrected chi connectivity index (χ3v) is 6.76. The molecule has 0 unspecified atom stereocenters. The lowest BCUT2D eigenvalue weighted by molar-refractivity contribution is -0.138. The monoisotopic (exact) mass is 476 g/mol. The second-order valence-corrected chi connectivity index (χ2v) is 9.19. The van der Waals surface area contributed by atoms with Crippen molar-refractivity contribution >= 4 is 39.4 Å². The van der Waals surface area contributed by atoms with Crippen LogP contribution in [0.3, 0.4) is 0 Å². The van der Waals surface area contributed by atoms with Gasteiger partial charge in [0.1, 0.15) is 23.4 Å². The number of rotatable bonds is 6. The van der Waals surface area contributed by atoms with E-state index >= 15 is 0 Å². The highest BCUT2D eigenvalue weighted by atomic mass is 32.1. The lowest BCUT2D eigenvalue weighted by atomic mass is 9.91. The fourth-order valence-corrected chi connectivity index (χ4v) is 4.83. The van der Waals surface area contributed by atoms with Crippen molar-refractivity contribution in [1.82, 2.24) is 40.3 Å². The number of nitrogens with one attached hydrogen (secondary N) is 1. The zero-order valence-electron chi connectivity index (χ0n) is 18.4. The molecule has 0 saturated carbocycles. The topological polar surface area (TPSA) is 126 Å². The number of benzene rings is 2. The predicted molar refractivity (Wildman–Crippen MR) is 123 cm³/mol. The zero-order valence-corrected chi connectivity index (χ0v) is 19.2. The number of hydrogen-bond acceptors (Lipinski definition) is 8. The highest BCUT2D eigenvalue weighted by Crippen LogP contribution is 2.30. The van der Waals surface area contributed by atoms with Gasteiger partial charge in [-0.05, 0) is 47.2 Å². The van der Waals surface area contributed by atoms with E-state index in [1.165, 1.54) is 27.2 Å². The number of para-hydroxylation sites is 1. The summed E-state index contributed by atoms with van der Waals surface area (Å²) in [6.07, 6.45) is 1.43. The molecule has 5 rings (SSSR count). The first kappa shape index (κ1) is 21.6. The van der Waals surface area contributed by atoms with Gasteiger partial charge < -0.3 is 10.2 Å². The van der Waals surface area contributed by atoms with E-state index in [1.807, 2.05) is 24.3 Å². The number of likely N-dealkylation sites (N-methyl/N-ethyl adjacent to an activating group) is 1. The van der Waals surface area contributed by atoms with Gasteiger partial charge in [0, 0.05) is 7.05 Å². The number of aromatic nitrogens is 5. The molecule has 0 spiro atoms. The number of urea groups is 1. The molecule has 1 atom stereocenters. The van der Waals surface area contributed by atoms with Crippen molar-refractivity contribution < 1.29 is 14.4 Å². The Hall–Kier alpha value is -4.19. The van der Waals surface area contributed by atoms with Gasteiger partial charge in [-0.15, -0.1) is 16.4 Å². The molecule has 2 aromatic carbocycles. The molecule has 0 radical (unpaired) electrons. The van der Waals surface area contributed by atoms with Crippen molar-refractivity contribution in [3.05, 3.63) is 65.4 Å². The number of amides is 4. The van der Waals surface area contributed by atoms with E-state index < -0.39 is 17.5 Å². The summed E-state index contributed by atoms with van der Waals surface area (Å²) in [5.74, 6) is -0.873. The van der Waals surface area contributed by atoms with Gasteiger partial charge in [0.25, 0.3) is 5.91 Å². The largest absolute Gasteiger partial charge is 0.337 e. The Morgan fingerprint density at radius 2 is 2.00 bits per heavy atom. The Bertz CT molecular complexity index is 1370. The molecule has 1 N–H and O–H groups in total. The summed E-state index contributed by atoms with van der Waals surface area (Å²) in [5.41, 5.74) is 0.733. The van der Waals surface area contributed by atoms with E-state index in [1.54, 1.807) is 38.2 Å². The summed E-state index contributed by atoms with van der Waals surface area (Å²) in [4.78, 5) is 45.8. The van der Waals surface area contributed by atoms with E-state index in [4.69, 9.17) is 0 Å². The lowest BCUT2D eigenvalue weighted by Crippen LogP contribution is -2.43. The molecule has 34 heavy (non-hydrogen) atoms. The van der Waals surface area contributed by atoms with Gasteiger partial charge in [-0.25, -0.2) is 14.5 Å². The standard InChI is InChI=1S/C22H20N8O3S/c1-22(14-6-5-7-15(10-14)30-13-23-26-27-30)20(32)29(21(33)25-22)12-19(31)28(2)11-18-24-16-8-3-4-9-17(16)34-18/h3-10,13H,11-12H2,1-2H3,(H,25,33)/t22-/m1/s1. The number of hydrogen-bond donors (Lipinski definition) is 1. The summed E-state index contributed by atoms with van der Waals surface area (Å²) in [6, 6.07) is 14.1. The van der Waals surface area contributed by atoms with Crippen molar-refractivity contribution in [2.24, 2.45) is 0 Å². The Balaban J connectivity index is 1.31.